The molecule has 0 fully saturated rings. The zero-order chi connectivity index (χ0) is 12.7. The van der Waals surface area contributed by atoms with Crippen molar-refractivity contribution in [3.05, 3.63) is 29.6 Å². The Kier molecular flexibility index (Phi) is 5.94. The molecule has 4 nitrogen and oxygen atoms in total. The number of ether oxygens (including phenoxy) is 1. The molecule has 1 amide bonds. The number of amides is 1. The SMILES string of the molecule is COCCN(CCCl)C(=O)c1ccc(C)nc1. The van der Waals surface area contributed by atoms with Crippen LogP contribution in [0.1, 0.15) is 16.1 Å². The van der Waals surface area contributed by atoms with Crippen LogP contribution in [0.2, 0.25) is 0 Å². The van der Waals surface area contributed by atoms with E-state index in [-0.39, 0.29) is 5.91 Å². The molecule has 0 radical (unpaired) electrons. The van der Waals surface area contributed by atoms with Gasteiger partial charge in [-0.2, -0.15) is 0 Å². The number of methoxy groups -OCH3 is 1. The molecule has 0 spiro atoms. The lowest BCUT2D eigenvalue weighted by Gasteiger charge is -2.21. The van der Waals surface area contributed by atoms with Crippen LogP contribution in [0, 0.1) is 6.92 Å². The maximum Gasteiger partial charge on any atom is 0.255 e. The van der Waals surface area contributed by atoms with Gasteiger partial charge in [0.2, 0.25) is 0 Å². The Morgan fingerprint density at radius 3 is 2.76 bits per heavy atom. The molecule has 0 atom stereocenters. The monoisotopic (exact) mass is 256 g/mol. The van der Waals surface area contributed by atoms with Crippen molar-refractivity contribution >= 4 is 17.5 Å². The van der Waals surface area contributed by atoms with Crippen LogP contribution in [-0.2, 0) is 4.74 Å². The molecule has 1 heterocycles. The van der Waals surface area contributed by atoms with Gasteiger partial charge in [0.15, 0.2) is 0 Å². The highest BCUT2D eigenvalue weighted by Crippen LogP contribution is 2.05. The molecule has 0 saturated heterocycles. The van der Waals surface area contributed by atoms with E-state index in [0.717, 1.165) is 5.69 Å². The Bertz CT molecular complexity index is 354. The van der Waals surface area contributed by atoms with Crippen LogP contribution in [0.15, 0.2) is 18.3 Å². The molecule has 0 saturated carbocycles. The molecule has 0 unspecified atom stereocenters. The van der Waals surface area contributed by atoms with Gasteiger partial charge in [0.05, 0.1) is 12.2 Å². The maximum absolute atomic E-state index is 12.1. The molecule has 0 aliphatic heterocycles. The molecule has 0 aliphatic rings. The molecule has 5 heteroatoms. The van der Waals surface area contributed by atoms with E-state index < -0.39 is 0 Å². The summed E-state index contributed by atoms with van der Waals surface area (Å²) in [4.78, 5) is 17.9. The minimum Gasteiger partial charge on any atom is -0.383 e. The molecule has 94 valence electrons. The van der Waals surface area contributed by atoms with Gasteiger partial charge in [-0.25, -0.2) is 0 Å². The van der Waals surface area contributed by atoms with E-state index in [1.807, 2.05) is 13.0 Å². The van der Waals surface area contributed by atoms with Crippen LogP contribution in [0.25, 0.3) is 0 Å². The summed E-state index contributed by atoms with van der Waals surface area (Å²) in [6.07, 6.45) is 1.59. The van der Waals surface area contributed by atoms with Crippen molar-refractivity contribution < 1.29 is 9.53 Å². The van der Waals surface area contributed by atoms with Gasteiger partial charge in [0.1, 0.15) is 0 Å². The number of carbonyl (C=O) groups excluding carboxylic acids is 1. The number of carbonyl (C=O) groups is 1. The van der Waals surface area contributed by atoms with Gasteiger partial charge in [-0.3, -0.25) is 9.78 Å². The molecular weight excluding hydrogens is 240 g/mol. The Hall–Kier alpha value is -1.13. The fourth-order valence-corrected chi connectivity index (χ4v) is 1.60. The summed E-state index contributed by atoms with van der Waals surface area (Å²) in [5.74, 6) is 0.351. The Morgan fingerprint density at radius 2 is 2.24 bits per heavy atom. The van der Waals surface area contributed by atoms with E-state index >= 15 is 0 Å². The first-order chi connectivity index (χ1) is 8.19. The van der Waals surface area contributed by atoms with Crippen LogP contribution in [0.4, 0.5) is 0 Å². The number of aromatic nitrogens is 1. The van der Waals surface area contributed by atoms with Gasteiger partial charge >= 0.3 is 0 Å². The summed E-state index contributed by atoms with van der Waals surface area (Å²) >= 11 is 5.68. The van der Waals surface area contributed by atoms with Crippen molar-refractivity contribution in [2.75, 3.05) is 32.7 Å². The Morgan fingerprint density at radius 1 is 1.47 bits per heavy atom. The lowest BCUT2D eigenvalue weighted by atomic mass is 10.2. The van der Waals surface area contributed by atoms with Crippen molar-refractivity contribution in [1.29, 1.82) is 0 Å². The number of halogens is 1. The fraction of sp³-hybridized carbons (Fsp3) is 0.500. The van der Waals surface area contributed by atoms with Gasteiger partial charge in [-0.05, 0) is 19.1 Å². The second-order valence-corrected chi connectivity index (χ2v) is 4.04. The lowest BCUT2D eigenvalue weighted by Crippen LogP contribution is -2.35. The van der Waals surface area contributed by atoms with E-state index in [1.165, 1.54) is 0 Å². The van der Waals surface area contributed by atoms with Gasteiger partial charge in [0, 0.05) is 38.0 Å². The number of hydrogen-bond donors (Lipinski definition) is 0. The number of pyridine rings is 1. The molecule has 0 aromatic carbocycles. The van der Waals surface area contributed by atoms with E-state index in [4.69, 9.17) is 16.3 Å². The normalized spacial score (nSPS) is 10.3. The largest absolute Gasteiger partial charge is 0.383 e. The first-order valence-electron chi connectivity index (χ1n) is 5.46. The number of rotatable bonds is 6. The highest BCUT2D eigenvalue weighted by atomic mass is 35.5. The van der Waals surface area contributed by atoms with Gasteiger partial charge in [-0.15, -0.1) is 11.6 Å². The van der Waals surface area contributed by atoms with Crippen molar-refractivity contribution in [2.24, 2.45) is 0 Å². The smallest absolute Gasteiger partial charge is 0.255 e. The molecule has 0 aliphatic carbocycles. The molecule has 1 rings (SSSR count). The minimum absolute atomic E-state index is 0.0600. The highest BCUT2D eigenvalue weighted by Gasteiger charge is 2.14. The van der Waals surface area contributed by atoms with E-state index in [1.54, 1.807) is 24.3 Å². The van der Waals surface area contributed by atoms with Crippen molar-refractivity contribution in [3.8, 4) is 0 Å². The molecule has 1 aromatic heterocycles. The van der Waals surface area contributed by atoms with Crippen LogP contribution in [-0.4, -0.2) is 48.5 Å². The van der Waals surface area contributed by atoms with Crippen molar-refractivity contribution in [1.82, 2.24) is 9.88 Å². The molecular formula is C12H17ClN2O2. The molecule has 0 bridgehead atoms. The predicted octanol–water partition coefficient (Wildman–Crippen LogP) is 1.72. The number of nitrogens with zero attached hydrogens (tertiary/aromatic N) is 2. The number of hydrogen-bond acceptors (Lipinski definition) is 3. The van der Waals surface area contributed by atoms with E-state index in [9.17, 15) is 4.79 Å². The van der Waals surface area contributed by atoms with Crippen LogP contribution in [0.3, 0.4) is 0 Å². The summed E-state index contributed by atoms with van der Waals surface area (Å²) < 4.78 is 4.97. The third kappa shape index (κ3) is 4.32. The van der Waals surface area contributed by atoms with Crippen molar-refractivity contribution in [2.45, 2.75) is 6.92 Å². The Balaban J connectivity index is 2.72. The maximum atomic E-state index is 12.1. The lowest BCUT2D eigenvalue weighted by molar-refractivity contribution is 0.0707. The zero-order valence-corrected chi connectivity index (χ0v) is 10.9. The zero-order valence-electron chi connectivity index (χ0n) is 10.1. The molecule has 0 N–H and O–H groups in total. The van der Waals surface area contributed by atoms with Crippen LogP contribution >= 0.6 is 11.6 Å². The number of alkyl halides is 1. The first-order valence-corrected chi connectivity index (χ1v) is 5.99. The Labute approximate surface area is 107 Å². The second-order valence-electron chi connectivity index (χ2n) is 3.66. The van der Waals surface area contributed by atoms with E-state index in [0.29, 0.717) is 31.1 Å². The summed E-state index contributed by atoms with van der Waals surface area (Å²) in [6.45, 7) is 3.44. The minimum atomic E-state index is -0.0600. The fourth-order valence-electron chi connectivity index (χ4n) is 1.40. The quantitative estimate of drug-likeness (QED) is 0.728. The predicted molar refractivity (Wildman–Crippen MR) is 67.5 cm³/mol. The summed E-state index contributed by atoms with van der Waals surface area (Å²) in [5.41, 5.74) is 1.47. The summed E-state index contributed by atoms with van der Waals surface area (Å²) in [6, 6.07) is 3.60. The average Bonchev–Trinajstić information content (AvgIpc) is 2.34. The standard InChI is InChI=1S/C12H17ClN2O2/c1-10-3-4-11(9-14-10)12(16)15(6-5-13)7-8-17-2/h3-4,9H,5-8H2,1-2H3. The van der Waals surface area contributed by atoms with Crippen LogP contribution < -0.4 is 0 Å². The molecule has 17 heavy (non-hydrogen) atoms. The van der Waals surface area contributed by atoms with Gasteiger partial charge in [0.25, 0.3) is 5.91 Å². The van der Waals surface area contributed by atoms with Crippen molar-refractivity contribution in [3.63, 3.8) is 0 Å². The summed E-state index contributed by atoms with van der Waals surface area (Å²) in [5, 5.41) is 0. The van der Waals surface area contributed by atoms with Crippen LogP contribution in [0.5, 0.6) is 0 Å². The van der Waals surface area contributed by atoms with Gasteiger partial charge < -0.3 is 9.64 Å². The first kappa shape index (κ1) is 13.9. The third-order valence-electron chi connectivity index (χ3n) is 2.37. The molecule has 1 aromatic rings. The van der Waals surface area contributed by atoms with Gasteiger partial charge in [-0.1, -0.05) is 0 Å². The second kappa shape index (κ2) is 7.25. The van der Waals surface area contributed by atoms with E-state index in [2.05, 4.69) is 4.98 Å². The summed E-state index contributed by atoms with van der Waals surface area (Å²) in [7, 11) is 1.61. The average molecular weight is 257 g/mol. The third-order valence-corrected chi connectivity index (χ3v) is 2.53. The number of aryl methyl sites for hydroxylation is 1. The topological polar surface area (TPSA) is 42.4 Å². The highest BCUT2D eigenvalue weighted by molar-refractivity contribution is 6.18.